The molecule has 3 aromatic rings. The van der Waals surface area contributed by atoms with Gasteiger partial charge >= 0.3 is 12.5 Å². The largest absolute Gasteiger partial charge is 0.573 e. The first-order valence-corrected chi connectivity index (χ1v) is 8.27. The van der Waals surface area contributed by atoms with E-state index < -0.39 is 18.1 Å². The van der Waals surface area contributed by atoms with Gasteiger partial charge in [-0.25, -0.2) is 4.98 Å². The summed E-state index contributed by atoms with van der Waals surface area (Å²) in [5.74, 6) is -0.138. The molecule has 0 bridgehead atoms. The maximum atomic E-state index is 12.5. The van der Waals surface area contributed by atoms with Gasteiger partial charge in [-0.2, -0.15) is 13.2 Å². The van der Waals surface area contributed by atoms with Gasteiger partial charge in [0.05, 0.1) is 11.3 Å². The van der Waals surface area contributed by atoms with E-state index in [9.17, 15) is 26.3 Å². The summed E-state index contributed by atoms with van der Waals surface area (Å²) in [5, 5.41) is 3.03. The third-order valence-electron chi connectivity index (χ3n) is 3.80. The minimum absolute atomic E-state index is 0.217. The van der Waals surface area contributed by atoms with Gasteiger partial charge in [0.15, 0.2) is 0 Å². The van der Waals surface area contributed by atoms with Crippen LogP contribution in [0.1, 0.15) is 16.8 Å². The minimum Gasteiger partial charge on any atom is -0.444 e. The van der Waals surface area contributed by atoms with E-state index in [0.717, 1.165) is 24.3 Å². The van der Waals surface area contributed by atoms with Crippen molar-refractivity contribution in [3.05, 3.63) is 71.6 Å². The van der Waals surface area contributed by atoms with Gasteiger partial charge < -0.3 is 14.5 Å². The summed E-state index contributed by atoms with van der Waals surface area (Å²) in [7, 11) is 0. The fraction of sp³-hybridized carbons (Fsp3) is 0.211. The number of rotatable bonds is 6. The molecule has 0 aliphatic heterocycles. The SMILES string of the molecule is FC(F)(F)Oc1ccc(-c2nc(CNCc3ccc(C(F)(F)F)cc3)co2)cc1. The summed E-state index contributed by atoms with van der Waals surface area (Å²) in [4.78, 5) is 4.22. The zero-order valence-corrected chi connectivity index (χ0v) is 14.6. The molecule has 0 radical (unpaired) electrons. The van der Waals surface area contributed by atoms with Gasteiger partial charge in [0.25, 0.3) is 0 Å². The Morgan fingerprint density at radius 1 is 0.862 bits per heavy atom. The van der Waals surface area contributed by atoms with Crippen molar-refractivity contribution in [2.75, 3.05) is 0 Å². The Morgan fingerprint density at radius 3 is 2.10 bits per heavy atom. The van der Waals surface area contributed by atoms with Crippen molar-refractivity contribution in [1.82, 2.24) is 10.3 Å². The monoisotopic (exact) mass is 416 g/mol. The van der Waals surface area contributed by atoms with Crippen LogP contribution in [-0.2, 0) is 19.3 Å². The lowest BCUT2D eigenvalue weighted by atomic mass is 10.1. The van der Waals surface area contributed by atoms with Gasteiger partial charge in [-0.3, -0.25) is 0 Å². The third-order valence-corrected chi connectivity index (χ3v) is 3.80. The predicted octanol–water partition coefficient (Wildman–Crippen LogP) is 5.55. The molecule has 0 spiro atoms. The number of halogens is 6. The van der Waals surface area contributed by atoms with Crippen LogP contribution in [0.5, 0.6) is 5.75 Å². The standard InChI is InChI=1S/C19H14F6N2O2/c20-18(21,22)14-5-1-12(2-6-14)9-26-10-15-11-28-17(27-15)13-3-7-16(8-4-13)29-19(23,24)25/h1-8,11,26H,9-10H2. The number of nitrogens with zero attached hydrogens (tertiary/aromatic N) is 1. The molecule has 1 N–H and O–H groups in total. The molecule has 2 aromatic carbocycles. The molecule has 3 rings (SSSR count). The van der Waals surface area contributed by atoms with E-state index in [1.807, 2.05) is 0 Å². The summed E-state index contributed by atoms with van der Waals surface area (Å²) in [6.07, 6.45) is -7.76. The van der Waals surface area contributed by atoms with Crippen molar-refractivity contribution in [3.8, 4) is 17.2 Å². The molecule has 1 heterocycles. The van der Waals surface area contributed by atoms with Crippen LogP contribution in [-0.4, -0.2) is 11.3 Å². The lowest BCUT2D eigenvalue weighted by molar-refractivity contribution is -0.274. The van der Waals surface area contributed by atoms with Crippen molar-refractivity contribution in [3.63, 3.8) is 0 Å². The van der Waals surface area contributed by atoms with Crippen LogP contribution in [0.4, 0.5) is 26.3 Å². The first-order valence-electron chi connectivity index (χ1n) is 8.27. The molecule has 0 unspecified atom stereocenters. The van der Waals surface area contributed by atoms with E-state index >= 15 is 0 Å². The number of hydrogen-bond donors (Lipinski definition) is 1. The van der Waals surface area contributed by atoms with Crippen LogP contribution in [0.3, 0.4) is 0 Å². The quantitative estimate of drug-likeness (QED) is 0.536. The van der Waals surface area contributed by atoms with Gasteiger partial charge in [-0.15, -0.1) is 13.2 Å². The molecule has 0 fully saturated rings. The first-order chi connectivity index (χ1) is 13.6. The minimum atomic E-state index is -4.77. The molecule has 0 atom stereocenters. The van der Waals surface area contributed by atoms with Gasteiger partial charge in [-0.1, -0.05) is 12.1 Å². The highest BCUT2D eigenvalue weighted by molar-refractivity contribution is 5.54. The molecule has 0 aliphatic carbocycles. The lowest BCUT2D eigenvalue weighted by Crippen LogP contribution is -2.16. The van der Waals surface area contributed by atoms with E-state index in [0.29, 0.717) is 29.9 Å². The number of alkyl halides is 6. The average molecular weight is 416 g/mol. The summed E-state index contributed by atoms with van der Waals surface area (Å²) in [6.45, 7) is 0.615. The smallest absolute Gasteiger partial charge is 0.444 e. The van der Waals surface area contributed by atoms with Gasteiger partial charge in [0.2, 0.25) is 5.89 Å². The molecule has 0 saturated heterocycles. The van der Waals surface area contributed by atoms with Crippen molar-refractivity contribution in [2.24, 2.45) is 0 Å². The summed E-state index contributed by atoms with van der Waals surface area (Å²) in [5.41, 5.74) is 0.951. The van der Waals surface area contributed by atoms with Crippen molar-refractivity contribution in [2.45, 2.75) is 25.6 Å². The van der Waals surface area contributed by atoms with Crippen LogP contribution in [0.25, 0.3) is 11.5 Å². The Balaban J connectivity index is 1.54. The van der Waals surface area contributed by atoms with E-state index in [-0.39, 0.29) is 11.6 Å². The molecular weight excluding hydrogens is 402 g/mol. The second-order valence-electron chi connectivity index (χ2n) is 6.01. The van der Waals surface area contributed by atoms with Crippen LogP contribution < -0.4 is 10.1 Å². The Morgan fingerprint density at radius 2 is 1.52 bits per heavy atom. The molecule has 154 valence electrons. The zero-order valence-electron chi connectivity index (χ0n) is 14.6. The van der Waals surface area contributed by atoms with Gasteiger partial charge in [0.1, 0.15) is 12.0 Å². The number of nitrogens with one attached hydrogen (secondary N) is 1. The Bertz CT molecular complexity index is 931. The van der Waals surface area contributed by atoms with Crippen LogP contribution in [0, 0.1) is 0 Å². The van der Waals surface area contributed by atoms with Crippen molar-refractivity contribution in [1.29, 1.82) is 0 Å². The second-order valence-corrected chi connectivity index (χ2v) is 6.01. The van der Waals surface area contributed by atoms with E-state index in [1.54, 1.807) is 0 Å². The van der Waals surface area contributed by atoms with E-state index in [1.165, 1.54) is 30.5 Å². The lowest BCUT2D eigenvalue weighted by Gasteiger charge is -2.08. The Kier molecular flexibility index (Phi) is 5.83. The summed E-state index contributed by atoms with van der Waals surface area (Å²) < 4.78 is 83.2. The van der Waals surface area contributed by atoms with Crippen molar-refractivity contribution < 1.29 is 35.5 Å². The summed E-state index contributed by atoms with van der Waals surface area (Å²) >= 11 is 0. The van der Waals surface area contributed by atoms with Crippen LogP contribution in [0.15, 0.2) is 59.2 Å². The van der Waals surface area contributed by atoms with Crippen LogP contribution in [0.2, 0.25) is 0 Å². The Hall–Kier alpha value is -3.01. The third kappa shape index (κ3) is 5.98. The van der Waals surface area contributed by atoms with Gasteiger partial charge in [0, 0.05) is 18.7 Å². The predicted molar refractivity (Wildman–Crippen MR) is 90.6 cm³/mol. The molecule has 0 aliphatic rings. The topological polar surface area (TPSA) is 47.3 Å². The molecule has 4 nitrogen and oxygen atoms in total. The van der Waals surface area contributed by atoms with E-state index in [2.05, 4.69) is 15.0 Å². The van der Waals surface area contributed by atoms with Crippen molar-refractivity contribution >= 4 is 0 Å². The maximum Gasteiger partial charge on any atom is 0.573 e. The average Bonchev–Trinajstić information content (AvgIpc) is 3.10. The molecule has 0 amide bonds. The number of oxazole rings is 1. The summed E-state index contributed by atoms with van der Waals surface area (Å²) in [6, 6.07) is 9.85. The highest BCUT2D eigenvalue weighted by Crippen LogP contribution is 2.29. The number of hydrogen-bond acceptors (Lipinski definition) is 4. The highest BCUT2D eigenvalue weighted by atomic mass is 19.4. The zero-order chi connectivity index (χ0) is 21.1. The second kappa shape index (κ2) is 8.16. The molecule has 1 aromatic heterocycles. The first kappa shape index (κ1) is 20.7. The molecule has 29 heavy (non-hydrogen) atoms. The highest BCUT2D eigenvalue weighted by Gasteiger charge is 2.31. The molecular formula is C19H14F6N2O2. The molecule has 10 heteroatoms. The fourth-order valence-corrected chi connectivity index (χ4v) is 2.47. The number of aromatic nitrogens is 1. The Labute approximate surface area is 161 Å². The maximum absolute atomic E-state index is 12.5. The van der Waals surface area contributed by atoms with E-state index in [4.69, 9.17) is 4.42 Å². The van der Waals surface area contributed by atoms with Gasteiger partial charge in [-0.05, 0) is 42.0 Å². The number of ether oxygens (including phenoxy) is 1. The normalized spacial score (nSPS) is 12.2. The fourth-order valence-electron chi connectivity index (χ4n) is 2.47. The molecule has 0 saturated carbocycles. The van der Waals surface area contributed by atoms with Crippen LogP contribution >= 0.6 is 0 Å². The number of benzene rings is 2.